The number of rotatable bonds is 8. The molecular formula is C24H33F3INO3. The molecule has 4 atom stereocenters. The molecule has 2 aliphatic carbocycles. The number of aliphatic hydroxyl groups excluding tert-OH is 1. The fraction of sp³-hybridized carbons (Fsp3) is 0.708. The van der Waals surface area contributed by atoms with Gasteiger partial charge >= 0.3 is 12.1 Å². The van der Waals surface area contributed by atoms with Gasteiger partial charge < -0.3 is 15.6 Å². The highest BCUT2D eigenvalue weighted by molar-refractivity contribution is 14.1. The van der Waals surface area contributed by atoms with E-state index < -0.39 is 24.0 Å². The Bertz CT molecular complexity index is 816. The molecule has 0 amide bonds. The molecule has 0 heterocycles. The molecule has 0 spiro atoms. The maximum Gasteiger partial charge on any atom is 0.491 e. The van der Waals surface area contributed by atoms with E-state index in [4.69, 9.17) is 5.73 Å². The van der Waals surface area contributed by atoms with Crippen molar-refractivity contribution in [1.29, 1.82) is 0 Å². The number of carbonyl (C=O) groups is 1. The van der Waals surface area contributed by atoms with Gasteiger partial charge in [0.25, 0.3) is 0 Å². The predicted molar refractivity (Wildman–Crippen MR) is 125 cm³/mol. The third-order valence-corrected chi connectivity index (χ3v) is 8.02. The van der Waals surface area contributed by atoms with Crippen LogP contribution in [0, 0.1) is 9.49 Å². The second kappa shape index (κ2) is 10.6. The van der Waals surface area contributed by atoms with Crippen molar-refractivity contribution in [3.63, 3.8) is 0 Å². The second-order valence-electron chi connectivity index (χ2n) is 9.53. The van der Waals surface area contributed by atoms with Crippen LogP contribution < -0.4 is 5.73 Å². The van der Waals surface area contributed by atoms with Crippen molar-refractivity contribution >= 4 is 28.6 Å². The predicted octanol–water partition coefficient (Wildman–Crippen LogP) is 5.76. The number of aryl methyl sites for hydroxylation is 1. The molecule has 0 aliphatic heterocycles. The van der Waals surface area contributed by atoms with Gasteiger partial charge in [-0.2, -0.15) is 13.2 Å². The summed E-state index contributed by atoms with van der Waals surface area (Å²) < 4.78 is 42.8. The van der Waals surface area contributed by atoms with E-state index in [0.29, 0.717) is 6.42 Å². The monoisotopic (exact) mass is 567 g/mol. The van der Waals surface area contributed by atoms with E-state index in [1.54, 1.807) is 0 Å². The minimum Gasteiger partial charge on any atom is -0.427 e. The molecule has 1 aromatic carbocycles. The van der Waals surface area contributed by atoms with Gasteiger partial charge in [-0.15, -0.1) is 0 Å². The fourth-order valence-electron chi connectivity index (χ4n) is 5.17. The van der Waals surface area contributed by atoms with E-state index in [2.05, 4.69) is 46.4 Å². The Balaban J connectivity index is 1.64. The van der Waals surface area contributed by atoms with E-state index in [1.807, 2.05) is 0 Å². The molecule has 180 valence electrons. The standard InChI is InChI=1S/C24H33F3INO3/c1-2-3-4-5-6-15-7-8-16-12-19(20(28)13-18(16)11-15)17-9-10-23(29,14-17)21(30)32-22(31)24(25,26)27/h12-13,15,17,21,30H,2-11,14,29H2,1H3/t15-,17-,21?,23+/m0/s1. The molecule has 0 radical (unpaired) electrons. The molecule has 1 unspecified atom stereocenters. The molecule has 3 N–H and O–H groups in total. The van der Waals surface area contributed by atoms with Crippen LogP contribution in [-0.2, 0) is 22.4 Å². The molecular weight excluding hydrogens is 534 g/mol. The van der Waals surface area contributed by atoms with Crippen LogP contribution in [-0.4, -0.2) is 29.1 Å². The average Bonchev–Trinajstić information content (AvgIpc) is 3.13. The maximum atomic E-state index is 12.5. The third-order valence-electron chi connectivity index (χ3n) is 7.08. The van der Waals surface area contributed by atoms with Gasteiger partial charge in [-0.3, -0.25) is 0 Å². The summed E-state index contributed by atoms with van der Waals surface area (Å²) in [7, 11) is 0. The first-order valence-corrected chi connectivity index (χ1v) is 12.7. The van der Waals surface area contributed by atoms with Crippen molar-refractivity contribution < 1.29 is 27.8 Å². The quantitative estimate of drug-likeness (QED) is 0.182. The Morgan fingerprint density at radius 2 is 2.03 bits per heavy atom. The van der Waals surface area contributed by atoms with Crippen molar-refractivity contribution in [2.24, 2.45) is 11.7 Å². The van der Waals surface area contributed by atoms with Crippen molar-refractivity contribution in [3.05, 3.63) is 32.4 Å². The minimum atomic E-state index is -5.16. The fourth-order valence-corrected chi connectivity index (χ4v) is 6.15. The number of hydrogen-bond donors (Lipinski definition) is 2. The summed E-state index contributed by atoms with van der Waals surface area (Å²) in [5.41, 5.74) is 8.70. The Morgan fingerprint density at radius 1 is 1.28 bits per heavy atom. The first kappa shape index (κ1) is 25.7. The van der Waals surface area contributed by atoms with Crippen molar-refractivity contribution in [1.82, 2.24) is 0 Å². The molecule has 3 rings (SSSR count). The number of esters is 1. The molecule has 4 nitrogen and oxygen atoms in total. The number of fused-ring (bicyclic) bond motifs is 1. The minimum absolute atomic E-state index is 0.0169. The number of carbonyl (C=O) groups excluding carboxylic acids is 1. The van der Waals surface area contributed by atoms with E-state index in [1.165, 1.54) is 49.7 Å². The van der Waals surface area contributed by atoms with Crippen LogP contribution in [0.4, 0.5) is 13.2 Å². The second-order valence-corrected chi connectivity index (χ2v) is 10.7. The summed E-state index contributed by atoms with van der Waals surface area (Å²) in [4.78, 5) is 11.1. The average molecular weight is 567 g/mol. The Labute approximate surface area is 201 Å². The number of alkyl halides is 3. The highest BCUT2D eigenvalue weighted by Gasteiger charge is 2.49. The van der Waals surface area contributed by atoms with Gasteiger partial charge in [0.15, 0.2) is 0 Å². The summed E-state index contributed by atoms with van der Waals surface area (Å²) in [6, 6.07) is 4.48. The number of ether oxygens (including phenoxy) is 1. The number of hydrogen-bond acceptors (Lipinski definition) is 4. The van der Waals surface area contributed by atoms with Crippen LogP contribution in [0.25, 0.3) is 0 Å². The summed E-state index contributed by atoms with van der Waals surface area (Å²) in [5, 5.41) is 10.1. The Kier molecular flexibility index (Phi) is 8.52. The van der Waals surface area contributed by atoms with Gasteiger partial charge in [-0.05, 0) is 95.7 Å². The molecule has 8 heteroatoms. The van der Waals surface area contributed by atoms with E-state index in [-0.39, 0.29) is 18.8 Å². The van der Waals surface area contributed by atoms with Gasteiger partial charge in [-0.1, -0.05) is 45.1 Å². The molecule has 1 saturated carbocycles. The lowest BCUT2D eigenvalue weighted by molar-refractivity contribution is -0.227. The Morgan fingerprint density at radius 3 is 2.72 bits per heavy atom. The van der Waals surface area contributed by atoms with E-state index >= 15 is 0 Å². The lowest BCUT2D eigenvalue weighted by Crippen LogP contribution is -2.52. The lowest BCUT2D eigenvalue weighted by Gasteiger charge is -2.30. The van der Waals surface area contributed by atoms with Gasteiger partial charge in [0, 0.05) is 3.57 Å². The molecule has 0 bridgehead atoms. The van der Waals surface area contributed by atoms with Crippen molar-refractivity contribution in [3.8, 4) is 0 Å². The third kappa shape index (κ3) is 6.17. The zero-order valence-corrected chi connectivity index (χ0v) is 20.7. The maximum absolute atomic E-state index is 12.5. The first-order valence-electron chi connectivity index (χ1n) is 11.6. The molecule has 0 aromatic heterocycles. The largest absolute Gasteiger partial charge is 0.491 e. The van der Waals surface area contributed by atoms with Crippen LogP contribution in [0.3, 0.4) is 0 Å². The Hall–Kier alpha value is -0.870. The van der Waals surface area contributed by atoms with Gasteiger partial charge in [0.05, 0.1) is 5.54 Å². The summed E-state index contributed by atoms with van der Waals surface area (Å²) in [6.45, 7) is 2.23. The summed E-state index contributed by atoms with van der Waals surface area (Å²) in [5.74, 6) is -1.66. The smallest absolute Gasteiger partial charge is 0.427 e. The SMILES string of the molecule is CCCCCC[C@H]1CCc2cc([C@H]3CC[C@](N)(C(O)OC(=O)C(F)(F)F)C3)c(I)cc2C1. The topological polar surface area (TPSA) is 72.6 Å². The van der Waals surface area contributed by atoms with Crippen LogP contribution in [0.5, 0.6) is 0 Å². The van der Waals surface area contributed by atoms with Gasteiger partial charge in [0.2, 0.25) is 6.29 Å². The van der Waals surface area contributed by atoms with Crippen LogP contribution in [0.1, 0.15) is 87.3 Å². The summed E-state index contributed by atoms with van der Waals surface area (Å²) >= 11 is 2.33. The zero-order valence-electron chi connectivity index (χ0n) is 18.5. The number of unbranched alkanes of at least 4 members (excludes halogenated alkanes) is 3. The highest BCUT2D eigenvalue weighted by Crippen LogP contribution is 2.44. The number of benzene rings is 1. The van der Waals surface area contributed by atoms with Crippen LogP contribution >= 0.6 is 22.6 Å². The van der Waals surface area contributed by atoms with Crippen LogP contribution in [0.15, 0.2) is 12.1 Å². The number of halogens is 4. The van der Waals surface area contributed by atoms with E-state index in [0.717, 1.165) is 27.9 Å². The lowest BCUT2D eigenvalue weighted by atomic mass is 9.79. The molecule has 1 fully saturated rings. The number of aliphatic hydroxyl groups is 1. The normalized spacial score (nSPS) is 26.6. The molecule has 2 aliphatic rings. The van der Waals surface area contributed by atoms with Gasteiger partial charge in [-0.25, -0.2) is 4.79 Å². The van der Waals surface area contributed by atoms with Crippen molar-refractivity contribution in [2.75, 3.05) is 0 Å². The summed E-state index contributed by atoms with van der Waals surface area (Å²) in [6.07, 6.45) is 3.84. The molecule has 32 heavy (non-hydrogen) atoms. The van der Waals surface area contributed by atoms with Gasteiger partial charge in [0.1, 0.15) is 0 Å². The van der Waals surface area contributed by atoms with Crippen LogP contribution in [0.2, 0.25) is 0 Å². The molecule has 1 aromatic rings. The zero-order chi connectivity index (χ0) is 23.5. The highest BCUT2D eigenvalue weighted by atomic mass is 127. The number of nitrogens with two attached hydrogens (primary N) is 1. The molecule has 0 saturated heterocycles. The first-order chi connectivity index (χ1) is 15.0. The van der Waals surface area contributed by atoms with Crippen molar-refractivity contribution in [2.45, 2.75) is 101 Å². The van der Waals surface area contributed by atoms with E-state index in [9.17, 15) is 23.1 Å².